The summed E-state index contributed by atoms with van der Waals surface area (Å²) in [5.41, 5.74) is 4.12. The summed E-state index contributed by atoms with van der Waals surface area (Å²) in [5.74, 6) is 0.749. The minimum absolute atomic E-state index is 0.615. The van der Waals surface area contributed by atoms with Crippen molar-refractivity contribution in [3.63, 3.8) is 0 Å². The maximum Gasteiger partial charge on any atom is 0.106 e. The molecule has 2 aromatic carbocycles. The van der Waals surface area contributed by atoms with Gasteiger partial charge in [-0.3, -0.25) is 4.98 Å². The second-order valence-corrected chi connectivity index (χ2v) is 5.80. The van der Waals surface area contributed by atoms with Gasteiger partial charge in [0.1, 0.15) is 6.10 Å². The zero-order valence-corrected chi connectivity index (χ0v) is 11.7. The van der Waals surface area contributed by atoms with E-state index in [1.165, 1.54) is 18.4 Å². The summed E-state index contributed by atoms with van der Waals surface area (Å²) in [6.07, 6.45) is 3.75. The highest BCUT2D eigenvalue weighted by Crippen LogP contribution is 2.40. The summed E-state index contributed by atoms with van der Waals surface area (Å²) in [5, 5.41) is 11.6. The Morgan fingerprint density at radius 3 is 2.48 bits per heavy atom. The summed E-state index contributed by atoms with van der Waals surface area (Å²) in [4.78, 5) is 4.42. The number of hydrogen-bond acceptors (Lipinski definition) is 2. The van der Waals surface area contributed by atoms with Gasteiger partial charge in [0.2, 0.25) is 0 Å². The van der Waals surface area contributed by atoms with Gasteiger partial charge in [-0.2, -0.15) is 0 Å². The van der Waals surface area contributed by atoms with E-state index in [2.05, 4.69) is 17.1 Å². The van der Waals surface area contributed by atoms with Crippen LogP contribution in [0.4, 0.5) is 0 Å². The number of aliphatic hydroxyl groups excluding tert-OH is 1. The van der Waals surface area contributed by atoms with E-state index < -0.39 is 6.10 Å². The van der Waals surface area contributed by atoms with Crippen molar-refractivity contribution in [1.29, 1.82) is 0 Å². The van der Waals surface area contributed by atoms with E-state index in [1.54, 1.807) is 6.20 Å². The van der Waals surface area contributed by atoms with Crippen molar-refractivity contribution in [2.24, 2.45) is 0 Å². The first-order chi connectivity index (χ1) is 10.3. The predicted octanol–water partition coefficient (Wildman–Crippen LogP) is 4.19. The van der Waals surface area contributed by atoms with Crippen molar-refractivity contribution in [2.45, 2.75) is 24.9 Å². The van der Waals surface area contributed by atoms with Crippen LogP contribution in [-0.4, -0.2) is 10.1 Å². The average molecular weight is 275 g/mol. The molecule has 0 bridgehead atoms. The summed E-state index contributed by atoms with van der Waals surface area (Å²) in [7, 11) is 0. The second kappa shape index (κ2) is 4.97. The lowest BCUT2D eigenvalue weighted by molar-refractivity contribution is 0.220. The normalized spacial score (nSPS) is 16.0. The maximum atomic E-state index is 10.6. The van der Waals surface area contributed by atoms with Crippen molar-refractivity contribution in [3.8, 4) is 0 Å². The highest BCUT2D eigenvalue weighted by molar-refractivity contribution is 5.78. The number of aliphatic hydroxyl groups is 1. The standard InChI is InChI=1S/C19H17NO/c21-19(15-9-7-14(8-10-15)13-5-6-13)17-11-16-3-1-2-4-18(16)20-12-17/h1-4,7-13,19,21H,5-6H2. The predicted molar refractivity (Wildman–Crippen MR) is 84.2 cm³/mol. The van der Waals surface area contributed by atoms with Crippen LogP contribution in [-0.2, 0) is 0 Å². The van der Waals surface area contributed by atoms with Crippen molar-refractivity contribution in [1.82, 2.24) is 4.98 Å². The molecule has 1 atom stereocenters. The number of para-hydroxylation sites is 1. The van der Waals surface area contributed by atoms with Gasteiger partial charge in [-0.15, -0.1) is 0 Å². The van der Waals surface area contributed by atoms with Gasteiger partial charge >= 0.3 is 0 Å². The number of pyridine rings is 1. The Labute approximate surface area is 124 Å². The van der Waals surface area contributed by atoms with E-state index in [1.807, 2.05) is 42.5 Å². The molecule has 1 saturated carbocycles. The van der Waals surface area contributed by atoms with Gasteiger partial charge in [-0.1, -0.05) is 42.5 Å². The Bertz CT molecular complexity index is 775. The highest BCUT2D eigenvalue weighted by Gasteiger charge is 2.23. The second-order valence-electron chi connectivity index (χ2n) is 5.80. The molecule has 0 aliphatic heterocycles. The Hall–Kier alpha value is -2.19. The third-order valence-electron chi connectivity index (χ3n) is 4.23. The maximum absolute atomic E-state index is 10.6. The van der Waals surface area contributed by atoms with Crippen LogP contribution in [0.1, 0.15) is 41.6 Å². The van der Waals surface area contributed by atoms with Crippen LogP contribution in [0.5, 0.6) is 0 Å². The van der Waals surface area contributed by atoms with Crippen LogP contribution in [0.2, 0.25) is 0 Å². The molecule has 1 unspecified atom stereocenters. The molecule has 3 aromatic rings. The first-order valence-electron chi connectivity index (χ1n) is 7.44. The molecule has 0 saturated heterocycles. The molecule has 1 fully saturated rings. The number of benzene rings is 2. The average Bonchev–Trinajstić information content (AvgIpc) is 3.39. The quantitative estimate of drug-likeness (QED) is 0.777. The molecule has 2 nitrogen and oxygen atoms in total. The monoisotopic (exact) mass is 275 g/mol. The van der Waals surface area contributed by atoms with Crippen molar-refractivity contribution in [2.75, 3.05) is 0 Å². The molecule has 2 heteroatoms. The fourth-order valence-corrected chi connectivity index (χ4v) is 2.80. The molecule has 0 radical (unpaired) electrons. The van der Waals surface area contributed by atoms with E-state index in [0.29, 0.717) is 0 Å². The van der Waals surface area contributed by atoms with E-state index in [4.69, 9.17) is 0 Å². The van der Waals surface area contributed by atoms with Gasteiger partial charge in [0, 0.05) is 17.1 Å². The van der Waals surface area contributed by atoms with Crippen molar-refractivity contribution >= 4 is 10.9 Å². The lowest BCUT2D eigenvalue weighted by Gasteiger charge is -2.12. The Balaban J connectivity index is 1.66. The fourth-order valence-electron chi connectivity index (χ4n) is 2.80. The van der Waals surface area contributed by atoms with Crippen LogP contribution in [0.15, 0.2) is 60.8 Å². The molecule has 1 heterocycles. The Morgan fingerprint density at radius 2 is 1.71 bits per heavy atom. The van der Waals surface area contributed by atoms with E-state index in [0.717, 1.165) is 27.9 Å². The molecule has 1 N–H and O–H groups in total. The lowest BCUT2D eigenvalue weighted by atomic mass is 9.99. The molecule has 1 aromatic heterocycles. The summed E-state index contributed by atoms with van der Waals surface area (Å²) in [6, 6.07) is 18.3. The lowest BCUT2D eigenvalue weighted by Crippen LogP contribution is -2.00. The van der Waals surface area contributed by atoms with E-state index in [-0.39, 0.29) is 0 Å². The van der Waals surface area contributed by atoms with Crippen LogP contribution >= 0.6 is 0 Å². The van der Waals surface area contributed by atoms with Gasteiger partial charge in [0.25, 0.3) is 0 Å². The largest absolute Gasteiger partial charge is 0.384 e. The summed E-state index contributed by atoms with van der Waals surface area (Å²) >= 11 is 0. The SMILES string of the molecule is OC(c1ccc(C2CC2)cc1)c1cnc2ccccc2c1. The fraction of sp³-hybridized carbons (Fsp3) is 0.211. The third kappa shape index (κ3) is 2.43. The molecule has 0 amide bonds. The number of hydrogen-bond donors (Lipinski definition) is 1. The number of fused-ring (bicyclic) bond motifs is 1. The van der Waals surface area contributed by atoms with Crippen molar-refractivity contribution < 1.29 is 5.11 Å². The van der Waals surface area contributed by atoms with Gasteiger partial charge in [0.15, 0.2) is 0 Å². The van der Waals surface area contributed by atoms with Gasteiger partial charge in [-0.25, -0.2) is 0 Å². The van der Waals surface area contributed by atoms with Crippen LogP contribution in [0.25, 0.3) is 10.9 Å². The zero-order valence-electron chi connectivity index (χ0n) is 11.7. The zero-order chi connectivity index (χ0) is 14.2. The minimum atomic E-state index is -0.615. The Morgan fingerprint density at radius 1 is 0.952 bits per heavy atom. The summed E-state index contributed by atoms with van der Waals surface area (Å²) in [6.45, 7) is 0. The van der Waals surface area contributed by atoms with Gasteiger partial charge in [-0.05, 0) is 42.0 Å². The molecule has 21 heavy (non-hydrogen) atoms. The molecule has 4 rings (SSSR count). The van der Waals surface area contributed by atoms with Crippen LogP contribution in [0.3, 0.4) is 0 Å². The summed E-state index contributed by atoms with van der Waals surface area (Å²) < 4.78 is 0. The first kappa shape index (κ1) is 12.5. The third-order valence-corrected chi connectivity index (χ3v) is 4.23. The van der Waals surface area contributed by atoms with Crippen molar-refractivity contribution in [3.05, 3.63) is 77.5 Å². The van der Waals surface area contributed by atoms with Gasteiger partial charge < -0.3 is 5.11 Å². The Kier molecular flexibility index (Phi) is 2.97. The van der Waals surface area contributed by atoms with E-state index >= 15 is 0 Å². The highest BCUT2D eigenvalue weighted by atomic mass is 16.3. The molecular formula is C19H17NO. The van der Waals surface area contributed by atoms with Crippen LogP contribution in [0, 0.1) is 0 Å². The molecular weight excluding hydrogens is 258 g/mol. The number of rotatable bonds is 3. The number of nitrogens with zero attached hydrogens (tertiary/aromatic N) is 1. The molecule has 1 aliphatic rings. The minimum Gasteiger partial charge on any atom is -0.384 e. The first-order valence-corrected chi connectivity index (χ1v) is 7.44. The molecule has 1 aliphatic carbocycles. The van der Waals surface area contributed by atoms with Gasteiger partial charge in [0.05, 0.1) is 5.52 Å². The van der Waals surface area contributed by atoms with Crippen LogP contribution < -0.4 is 0 Å². The molecule has 104 valence electrons. The topological polar surface area (TPSA) is 33.1 Å². The molecule has 0 spiro atoms. The number of aromatic nitrogens is 1. The van der Waals surface area contributed by atoms with E-state index in [9.17, 15) is 5.11 Å². The smallest absolute Gasteiger partial charge is 0.106 e.